The van der Waals surface area contributed by atoms with Crippen molar-refractivity contribution in [3.8, 4) is 0 Å². The van der Waals surface area contributed by atoms with Crippen molar-refractivity contribution in [3.63, 3.8) is 0 Å². The summed E-state index contributed by atoms with van der Waals surface area (Å²) in [4.78, 5) is 0. The topological polar surface area (TPSA) is 0 Å². The molecule has 0 spiro atoms. The molecule has 13 heavy (non-hydrogen) atoms. The molecular weight excluding hydrogens is 175 g/mol. The van der Waals surface area contributed by atoms with Crippen molar-refractivity contribution in [2.24, 2.45) is 11.8 Å². The SMILES string of the molecule is C1CC1C1CC1.Pc1ccccc1. The fourth-order valence-corrected chi connectivity index (χ4v) is 1.81. The van der Waals surface area contributed by atoms with E-state index >= 15 is 0 Å². The molecule has 0 amide bonds. The monoisotopic (exact) mass is 192 g/mol. The van der Waals surface area contributed by atoms with Gasteiger partial charge in [-0.05, 0) is 42.8 Å². The predicted molar refractivity (Wildman–Crippen MR) is 61.2 cm³/mol. The second-order valence-electron chi connectivity index (χ2n) is 4.09. The van der Waals surface area contributed by atoms with E-state index < -0.39 is 0 Å². The molecule has 0 bridgehead atoms. The Hall–Kier alpha value is -0.350. The van der Waals surface area contributed by atoms with Crippen molar-refractivity contribution >= 4 is 14.5 Å². The molecule has 0 aromatic heterocycles. The summed E-state index contributed by atoms with van der Waals surface area (Å²) >= 11 is 0. The molecule has 3 rings (SSSR count). The van der Waals surface area contributed by atoms with Crippen LogP contribution in [-0.4, -0.2) is 0 Å². The summed E-state index contributed by atoms with van der Waals surface area (Å²) in [6.07, 6.45) is 6.24. The molecule has 0 heterocycles. The van der Waals surface area contributed by atoms with E-state index in [-0.39, 0.29) is 0 Å². The number of hydrogen-bond acceptors (Lipinski definition) is 0. The van der Waals surface area contributed by atoms with Crippen molar-refractivity contribution in [3.05, 3.63) is 30.3 Å². The Labute approximate surface area is 82.9 Å². The normalized spacial score (nSPS) is 20.4. The Morgan fingerprint density at radius 3 is 1.54 bits per heavy atom. The maximum absolute atomic E-state index is 2.63. The average Bonchev–Trinajstić information content (AvgIpc) is 3.00. The third-order valence-corrected chi connectivity index (χ3v) is 3.10. The van der Waals surface area contributed by atoms with Gasteiger partial charge in [0.1, 0.15) is 0 Å². The van der Waals surface area contributed by atoms with Crippen LogP contribution in [0.3, 0.4) is 0 Å². The van der Waals surface area contributed by atoms with Gasteiger partial charge >= 0.3 is 0 Å². The second-order valence-corrected chi connectivity index (χ2v) is 4.75. The van der Waals surface area contributed by atoms with E-state index in [4.69, 9.17) is 0 Å². The van der Waals surface area contributed by atoms with Gasteiger partial charge in [0.2, 0.25) is 0 Å². The summed E-state index contributed by atoms with van der Waals surface area (Å²) in [7, 11) is 2.63. The van der Waals surface area contributed by atoms with Crippen LogP contribution in [0.15, 0.2) is 30.3 Å². The van der Waals surface area contributed by atoms with Gasteiger partial charge < -0.3 is 0 Å². The number of rotatable bonds is 1. The molecule has 1 atom stereocenters. The summed E-state index contributed by atoms with van der Waals surface area (Å²) in [5.41, 5.74) is 0. The first-order chi connectivity index (χ1) is 6.36. The van der Waals surface area contributed by atoms with Gasteiger partial charge in [0.25, 0.3) is 0 Å². The molecule has 2 fully saturated rings. The number of hydrogen-bond donors (Lipinski definition) is 0. The van der Waals surface area contributed by atoms with Crippen molar-refractivity contribution in [2.75, 3.05) is 0 Å². The van der Waals surface area contributed by atoms with Crippen LogP contribution in [0.25, 0.3) is 0 Å². The second kappa shape index (κ2) is 4.24. The Morgan fingerprint density at radius 2 is 1.31 bits per heavy atom. The van der Waals surface area contributed by atoms with Crippen molar-refractivity contribution in [1.29, 1.82) is 0 Å². The summed E-state index contributed by atoms with van der Waals surface area (Å²) in [5, 5.41) is 1.24. The molecule has 0 radical (unpaired) electrons. The highest BCUT2D eigenvalue weighted by Gasteiger charge is 2.37. The molecule has 70 valence electrons. The Morgan fingerprint density at radius 1 is 0.846 bits per heavy atom. The zero-order valence-electron chi connectivity index (χ0n) is 7.95. The fourth-order valence-electron chi connectivity index (χ4n) is 1.59. The van der Waals surface area contributed by atoms with Gasteiger partial charge in [-0.1, -0.05) is 30.3 Å². The third kappa shape index (κ3) is 3.48. The quantitative estimate of drug-likeness (QED) is 0.600. The highest BCUT2D eigenvalue weighted by molar-refractivity contribution is 7.27. The Balaban J connectivity index is 0.000000101. The summed E-state index contributed by atoms with van der Waals surface area (Å²) < 4.78 is 0. The van der Waals surface area contributed by atoms with Crippen LogP contribution in [0.4, 0.5) is 0 Å². The zero-order valence-corrected chi connectivity index (χ0v) is 9.10. The highest BCUT2D eigenvalue weighted by Crippen LogP contribution is 2.49. The highest BCUT2D eigenvalue weighted by atomic mass is 31.0. The molecule has 1 unspecified atom stereocenters. The van der Waals surface area contributed by atoms with Gasteiger partial charge in [-0.25, -0.2) is 0 Å². The molecule has 1 heteroatoms. The van der Waals surface area contributed by atoms with Crippen LogP contribution in [0.2, 0.25) is 0 Å². The Bertz CT molecular complexity index is 237. The molecule has 1 aromatic rings. The van der Waals surface area contributed by atoms with Crippen LogP contribution in [-0.2, 0) is 0 Å². The van der Waals surface area contributed by atoms with E-state index in [0.29, 0.717) is 0 Å². The van der Waals surface area contributed by atoms with Crippen LogP contribution in [0, 0.1) is 11.8 Å². The van der Waals surface area contributed by atoms with Gasteiger partial charge in [-0.3, -0.25) is 0 Å². The molecule has 2 aliphatic rings. The lowest BCUT2D eigenvalue weighted by Crippen LogP contribution is -1.82. The van der Waals surface area contributed by atoms with E-state index in [0.717, 1.165) is 0 Å². The van der Waals surface area contributed by atoms with Crippen molar-refractivity contribution in [2.45, 2.75) is 25.7 Å². The van der Waals surface area contributed by atoms with E-state index in [9.17, 15) is 0 Å². The van der Waals surface area contributed by atoms with Crippen LogP contribution < -0.4 is 5.30 Å². The molecule has 2 saturated carbocycles. The largest absolute Gasteiger partial charge is 0.106 e. The summed E-state index contributed by atoms with van der Waals surface area (Å²) in [6, 6.07) is 10.1. The zero-order chi connectivity index (χ0) is 9.10. The first-order valence-corrected chi connectivity index (χ1v) is 5.74. The minimum atomic E-state index is 1.21. The van der Waals surface area contributed by atoms with Gasteiger partial charge in [-0.2, -0.15) is 0 Å². The average molecular weight is 192 g/mol. The van der Waals surface area contributed by atoms with Crippen LogP contribution in [0.5, 0.6) is 0 Å². The van der Waals surface area contributed by atoms with E-state index in [1.54, 1.807) is 25.7 Å². The lowest BCUT2D eigenvalue weighted by molar-refractivity contribution is 0.716. The fraction of sp³-hybridized carbons (Fsp3) is 0.500. The van der Waals surface area contributed by atoms with E-state index in [1.165, 1.54) is 17.1 Å². The molecule has 2 aliphatic carbocycles. The van der Waals surface area contributed by atoms with Crippen LogP contribution >= 0.6 is 9.24 Å². The molecular formula is C12H17P. The summed E-state index contributed by atoms with van der Waals surface area (Å²) in [6.45, 7) is 0. The van der Waals surface area contributed by atoms with Crippen molar-refractivity contribution < 1.29 is 0 Å². The molecule has 0 nitrogen and oxygen atoms in total. The van der Waals surface area contributed by atoms with Gasteiger partial charge in [-0.15, -0.1) is 9.24 Å². The first kappa shape index (κ1) is 9.21. The smallest absolute Gasteiger partial charge is 0.0303 e. The minimum absolute atomic E-state index is 1.21. The predicted octanol–water partition coefficient (Wildman–Crippen LogP) is 2.99. The number of benzene rings is 1. The maximum atomic E-state index is 2.63. The van der Waals surface area contributed by atoms with Gasteiger partial charge in [0, 0.05) is 0 Å². The molecule has 0 aliphatic heterocycles. The van der Waals surface area contributed by atoms with E-state index in [2.05, 4.69) is 9.24 Å². The standard InChI is InChI=1S/C6H7P.C6H10/c7-6-4-2-1-3-5-6;1-2-5(1)6-3-4-6/h1-5H,7H2;5-6H,1-4H2. The molecule has 0 N–H and O–H groups in total. The molecule has 0 saturated heterocycles. The lowest BCUT2D eigenvalue weighted by atomic mass is 10.3. The minimum Gasteiger partial charge on any atom is -0.106 e. The first-order valence-electron chi connectivity index (χ1n) is 5.17. The van der Waals surface area contributed by atoms with Crippen molar-refractivity contribution in [1.82, 2.24) is 0 Å². The van der Waals surface area contributed by atoms with Crippen LogP contribution in [0.1, 0.15) is 25.7 Å². The third-order valence-electron chi connectivity index (χ3n) is 2.71. The summed E-state index contributed by atoms with van der Waals surface area (Å²) in [5.74, 6) is 2.43. The van der Waals surface area contributed by atoms with E-state index in [1.807, 2.05) is 30.3 Å². The van der Waals surface area contributed by atoms with Gasteiger partial charge in [0.05, 0.1) is 0 Å². The Kier molecular flexibility index (Phi) is 3.01. The van der Waals surface area contributed by atoms with Gasteiger partial charge in [0.15, 0.2) is 0 Å². The lowest BCUT2D eigenvalue weighted by Gasteiger charge is -1.82. The maximum Gasteiger partial charge on any atom is -0.0303 e. The molecule has 1 aromatic carbocycles.